The van der Waals surface area contributed by atoms with Gasteiger partial charge >= 0.3 is 0 Å². The number of nitrogens with one attached hydrogen (secondary N) is 2. The average molecular weight is 345 g/mol. The van der Waals surface area contributed by atoms with Crippen molar-refractivity contribution in [2.75, 3.05) is 30.4 Å². The second kappa shape index (κ2) is 10.2. The number of nitrogens with two attached hydrogens (primary N) is 1. The third-order valence-electron chi connectivity index (χ3n) is 3.20. The molecule has 2 aromatic rings. The summed E-state index contributed by atoms with van der Waals surface area (Å²) in [5.74, 6) is 6.49. The molecule has 0 spiro atoms. The Bertz CT molecular complexity index is 740. The standard InChI is InChI=1S/C18H21F2N5/c19-9-5-11-22-17-14(6-2-1-3-10-21)13-23-18(25-17)24-16-8-4-7-15(20)12-16/h4,7-8,12-13H,1,3,5,9-11,21H2,(H2,22,23,24,25). The van der Waals surface area contributed by atoms with Crippen molar-refractivity contribution in [1.82, 2.24) is 9.97 Å². The first-order valence-corrected chi connectivity index (χ1v) is 8.11. The van der Waals surface area contributed by atoms with E-state index in [1.54, 1.807) is 18.3 Å². The van der Waals surface area contributed by atoms with E-state index >= 15 is 0 Å². The quantitative estimate of drug-likeness (QED) is 0.506. The highest BCUT2D eigenvalue weighted by Gasteiger charge is 2.06. The van der Waals surface area contributed by atoms with Crippen LogP contribution < -0.4 is 16.4 Å². The Balaban J connectivity index is 2.17. The van der Waals surface area contributed by atoms with Gasteiger partial charge in [-0.2, -0.15) is 4.98 Å². The fourth-order valence-corrected chi connectivity index (χ4v) is 1.99. The normalized spacial score (nSPS) is 10.0. The minimum absolute atomic E-state index is 0.306. The van der Waals surface area contributed by atoms with Gasteiger partial charge in [0.2, 0.25) is 5.95 Å². The summed E-state index contributed by atoms with van der Waals surface area (Å²) in [6.07, 6.45) is 3.46. The molecule has 132 valence electrons. The molecule has 0 aliphatic heterocycles. The van der Waals surface area contributed by atoms with Crippen LogP contribution in [0, 0.1) is 17.7 Å². The van der Waals surface area contributed by atoms with Crippen LogP contribution in [0.4, 0.5) is 26.2 Å². The molecule has 5 nitrogen and oxygen atoms in total. The summed E-state index contributed by atoms with van der Waals surface area (Å²) in [5.41, 5.74) is 6.61. The zero-order valence-corrected chi connectivity index (χ0v) is 13.9. The number of alkyl halides is 1. The first-order chi connectivity index (χ1) is 12.2. The average Bonchev–Trinajstić information content (AvgIpc) is 2.60. The summed E-state index contributed by atoms with van der Waals surface area (Å²) < 4.78 is 25.6. The number of benzene rings is 1. The largest absolute Gasteiger partial charge is 0.369 e. The summed E-state index contributed by atoms with van der Waals surface area (Å²) in [5, 5.41) is 6.00. The summed E-state index contributed by atoms with van der Waals surface area (Å²) in [6, 6.07) is 6.01. The van der Waals surface area contributed by atoms with Crippen molar-refractivity contribution in [1.29, 1.82) is 0 Å². The van der Waals surface area contributed by atoms with E-state index in [1.807, 2.05) is 0 Å². The van der Waals surface area contributed by atoms with Crippen LogP contribution in [-0.4, -0.2) is 29.7 Å². The van der Waals surface area contributed by atoms with Gasteiger partial charge in [0.25, 0.3) is 0 Å². The van der Waals surface area contributed by atoms with Gasteiger partial charge in [-0.15, -0.1) is 0 Å². The maximum absolute atomic E-state index is 13.3. The third kappa shape index (κ3) is 6.36. The van der Waals surface area contributed by atoms with Gasteiger partial charge < -0.3 is 16.4 Å². The molecule has 2 rings (SSSR count). The van der Waals surface area contributed by atoms with Crippen LogP contribution in [0.5, 0.6) is 0 Å². The minimum Gasteiger partial charge on any atom is -0.369 e. The number of aromatic nitrogens is 2. The highest BCUT2D eigenvalue weighted by molar-refractivity contribution is 5.59. The van der Waals surface area contributed by atoms with Crippen LogP contribution >= 0.6 is 0 Å². The van der Waals surface area contributed by atoms with Crippen LogP contribution in [0.15, 0.2) is 30.5 Å². The first-order valence-electron chi connectivity index (χ1n) is 8.11. The lowest BCUT2D eigenvalue weighted by Gasteiger charge is -2.10. The molecule has 0 saturated heterocycles. The van der Waals surface area contributed by atoms with Gasteiger partial charge in [-0.3, -0.25) is 4.39 Å². The van der Waals surface area contributed by atoms with Gasteiger partial charge in [0.15, 0.2) is 0 Å². The molecule has 7 heteroatoms. The number of hydrogen-bond acceptors (Lipinski definition) is 5. The molecule has 0 amide bonds. The molecule has 0 bridgehead atoms. The molecule has 0 atom stereocenters. The van der Waals surface area contributed by atoms with Gasteiger partial charge in [0, 0.05) is 18.7 Å². The van der Waals surface area contributed by atoms with Crippen molar-refractivity contribution in [3.8, 4) is 11.8 Å². The second-order valence-electron chi connectivity index (χ2n) is 5.25. The molecule has 0 unspecified atom stereocenters. The van der Waals surface area contributed by atoms with Crippen LogP contribution in [0.1, 0.15) is 24.8 Å². The van der Waals surface area contributed by atoms with E-state index in [0.29, 0.717) is 48.9 Å². The van der Waals surface area contributed by atoms with Crippen molar-refractivity contribution in [3.63, 3.8) is 0 Å². The van der Waals surface area contributed by atoms with Gasteiger partial charge in [-0.05, 0) is 37.6 Å². The fraction of sp³-hybridized carbons (Fsp3) is 0.333. The summed E-state index contributed by atoms with van der Waals surface area (Å²) in [6.45, 7) is 0.609. The van der Waals surface area contributed by atoms with E-state index < -0.39 is 6.67 Å². The molecule has 0 fully saturated rings. The molecular formula is C18H21F2N5. The lowest BCUT2D eigenvalue weighted by molar-refractivity contribution is 0.481. The van der Waals surface area contributed by atoms with Crippen molar-refractivity contribution in [2.45, 2.75) is 19.3 Å². The molecular weight excluding hydrogens is 324 g/mol. The van der Waals surface area contributed by atoms with Crippen molar-refractivity contribution in [3.05, 3.63) is 41.8 Å². The molecule has 0 saturated carbocycles. The summed E-state index contributed by atoms with van der Waals surface area (Å²) in [4.78, 5) is 8.57. The highest BCUT2D eigenvalue weighted by atomic mass is 19.1. The van der Waals surface area contributed by atoms with Crippen LogP contribution in [-0.2, 0) is 0 Å². The fourth-order valence-electron chi connectivity index (χ4n) is 1.99. The topological polar surface area (TPSA) is 75.9 Å². The van der Waals surface area contributed by atoms with E-state index in [4.69, 9.17) is 5.73 Å². The Morgan fingerprint density at radius 2 is 2.12 bits per heavy atom. The van der Waals surface area contributed by atoms with E-state index in [1.165, 1.54) is 12.1 Å². The third-order valence-corrected chi connectivity index (χ3v) is 3.20. The number of halogens is 2. The number of nitrogens with zero attached hydrogens (tertiary/aromatic N) is 2. The van der Waals surface area contributed by atoms with Crippen molar-refractivity contribution >= 4 is 17.5 Å². The molecule has 0 aliphatic carbocycles. The second-order valence-corrected chi connectivity index (χ2v) is 5.25. The molecule has 4 N–H and O–H groups in total. The number of unbranched alkanes of at least 4 members (excludes halogenated alkanes) is 1. The van der Waals surface area contributed by atoms with Gasteiger partial charge in [0.05, 0.1) is 18.4 Å². The van der Waals surface area contributed by atoms with Gasteiger partial charge in [-0.1, -0.05) is 17.9 Å². The number of rotatable bonds is 8. The Labute approximate surface area is 146 Å². The summed E-state index contributed by atoms with van der Waals surface area (Å²) in [7, 11) is 0. The smallest absolute Gasteiger partial charge is 0.229 e. The minimum atomic E-state index is -0.413. The number of hydrogen-bond donors (Lipinski definition) is 3. The molecule has 1 aromatic heterocycles. The van der Waals surface area contributed by atoms with E-state index in [2.05, 4.69) is 32.4 Å². The van der Waals surface area contributed by atoms with Gasteiger partial charge in [-0.25, -0.2) is 9.37 Å². The lowest BCUT2D eigenvalue weighted by Crippen LogP contribution is -2.08. The lowest BCUT2D eigenvalue weighted by atomic mass is 10.2. The Kier molecular flexibility index (Phi) is 7.60. The van der Waals surface area contributed by atoms with Crippen LogP contribution in [0.25, 0.3) is 0 Å². The Morgan fingerprint density at radius 3 is 2.88 bits per heavy atom. The first kappa shape index (κ1) is 18.6. The maximum Gasteiger partial charge on any atom is 0.229 e. The highest BCUT2D eigenvalue weighted by Crippen LogP contribution is 2.18. The molecule has 25 heavy (non-hydrogen) atoms. The van der Waals surface area contributed by atoms with Crippen LogP contribution in [0.3, 0.4) is 0 Å². The van der Waals surface area contributed by atoms with E-state index in [-0.39, 0.29) is 5.82 Å². The maximum atomic E-state index is 13.3. The zero-order chi connectivity index (χ0) is 17.9. The predicted molar refractivity (Wildman–Crippen MR) is 96.0 cm³/mol. The summed E-state index contributed by atoms with van der Waals surface area (Å²) >= 11 is 0. The number of anilines is 3. The zero-order valence-electron chi connectivity index (χ0n) is 13.9. The predicted octanol–water partition coefficient (Wildman–Crippen LogP) is 3.22. The molecule has 1 aromatic carbocycles. The molecule has 1 heterocycles. The Morgan fingerprint density at radius 1 is 1.24 bits per heavy atom. The monoisotopic (exact) mass is 345 g/mol. The van der Waals surface area contributed by atoms with E-state index in [9.17, 15) is 8.78 Å². The van der Waals surface area contributed by atoms with Crippen LogP contribution in [0.2, 0.25) is 0 Å². The SMILES string of the molecule is NCCCC#Cc1cnc(Nc2cccc(F)c2)nc1NCCCF. The molecule has 0 radical (unpaired) electrons. The van der Waals surface area contributed by atoms with E-state index in [0.717, 1.165) is 6.42 Å². The molecule has 0 aliphatic rings. The van der Waals surface area contributed by atoms with Gasteiger partial charge in [0.1, 0.15) is 11.6 Å². The Hall–Kier alpha value is -2.72. The van der Waals surface area contributed by atoms with Crippen molar-refractivity contribution in [2.24, 2.45) is 5.73 Å². The van der Waals surface area contributed by atoms with Crippen molar-refractivity contribution < 1.29 is 8.78 Å².